The van der Waals surface area contributed by atoms with Crippen molar-refractivity contribution in [2.45, 2.75) is 6.92 Å². The smallest absolute Gasteiger partial charge is 0.168 e. The molecule has 0 unspecified atom stereocenters. The number of aromatic nitrogens is 3. The Kier molecular flexibility index (Phi) is 2.03. The van der Waals surface area contributed by atoms with Crippen LogP contribution in [-0.4, -0.2) is 20.9 Å². The number of hydrogen-bond donors (Lipinski definition) is 0. The van der Waals surface area contributed by atoms with Crippen LogP contribution in [0.5, 0.6) is 0 Å². The van der Waals surface area contributed by atoms with E-state index in [0.717, 1.165) is 21.2 Å². The number of fused-ring (bicyclic) bond motifs is 1. The minimum Gasteiger partial charge on any atom is -0.298 e. The number of carbonyl (C=O) groups excluding carboxylic acids is 1. The van der Waals surface area contributed by atoms with Gasteiger partial charge in [-0.05, 0) is 29.5 Å². The molecule has 0 N–H and O–H groups in total. The van der Waals surface area contributed by atoms with Gasteiger partial charge < -0.3 is 0 Å². The van der Waals surface area contributed by atoms with E-state index in [4.69, 9.17) is 0 Å². The van der Waals surface area contributed by atoms with Crippen LogP contribution in [0.25, 0.3) is 5.65 Å². The summed E-state index contributed by atoms with van der Waals surface area (Å²) in [6, 6.07) is 0. The molecule has 0 aliphatic heterocycles. The van der Waals surface area contributed by atoms with Crippen molar-refractivity contribution in [3.8, 4) is 0 Å². The molecule has 0 bridgehead atoms. The largest absolute Gasteiger partial charge is 0.298 e. The van der Waals surface area contributed by atoms with Crippen molar-refractivity contribution in [3.05, 3.63) is 27.2 Å². The van der Waals surface area contributed by atoms with Crippen LogP contribution >= 0.6 is 22.6 Å². The molecule has 0 atom stereocenters. The summed E-state index contributed by atoms with van der Waals surface area (Å²) in [6.45, 7) is 1.91. The zero-order chi connectivity index (χ0) is 9.42. The van der Waals surface area contributed by atoms with Crippen molar-refractivity contribution in [1.82, 2.24) is 14.6 Å². The molecule has 0 aliphatic carbocycles. The van der Waals surface area contributed by atoms with Crippen LogP contribution in [0.1, 0.15) is 16.1 Å². The Morgan fingerprint density at radius 3 is 3.08 bits per heavy atom. The van der Waals surface area contributed by atoms with Gasteiger partial charge in [0, 0.05) is 12.4 Å². The predicted octanol–water partition coefficient (Wildman–Crippen LogP) is 1.45. The molecular formula is C8H6IN3O. The Bertz CT molecular complexity index is 477. The molecule has 13 heavy (non-hydrogen) atoms. The zero-order valence-electron chi connectivity index (χ0n) is 6.86. The molecule has 0 fully saturated rings. The van der Waals surface area contributed by atoms with Crippen LogP contribution in [0.4, 0.5) is 0 Å². The molecule has 0 saturated carbocycles. The van der Waals surface area contributed by atoms with Crippen molar-refractivity contribution in [1.29, 1.82) is 0 Å². The molecule has 2 aromatic heterocycles. The van der Waals surface area contributed by atoms with Gasteiger partial charge in [-0.15, -0.1) is 0 Å². The molecule has 0 saturated heterocycles. The fourth-order valence-corrected chi connectivity index (χ4v) is 1.59. The fraction of sp³-hybridized carbons (Fsp3) is 0.125. The van der Waals surface area contributed by atoms with E-state index in [1.54, 1.807) is 16.9 Å². The van der Waals surface area contributed by atoms with Gasteiger partial charge in [0.2, 0.25) is 0 Å². The first-order chi connectivity index (χ1) is 6.22. The summed E-state index contributed by atoms with van der Waals surface area (Å²) in [4.78, 5) is 14.6. The van der Waals surface area contributed by atoms with E-state index in [1.807, 2.05) is 6.92 Å². The number of nitrogens with zero attached hydrogens (tertiary/aromatic N) is 3. The van der Waals surface area contributed by atoms with E-state index >= 15 is 0 Å². The molecule has 66 valence electrons. The van der Waals surface area contributed by atoms with Crippen LogP contribution in [0.15, 0.2) is 12.4 Å². The van der Waals surface area contributed by atoms with Crippen molar-refractivity contribution >= 4 is 34.5 Å². The number of rotatable bonds is 1. The first-order valence-corrected chi connectivity index (χ1v) is 4.76. The topological polar surface area (TPSA) is 47.3 Å². The number of hydrogen-bond acceptors (Lipinski definition) is 3. The second kappa shape index (κ2) is 3.06. The molecule has 2 aromatic rings. The Hall–Kier alpha value is -0.980. The van der Waals surface area contributed by atoms with Crippen molar-refractivity contribution in [3.63, 3.8) is 0 Å². The first-order valence-electron chi connectivity index (χ1n) is 3.68. The molecule has 2 rings (SSSR count). The summed E-state index contributed by atoms with van der Waals surface area (Å²) in [5, 5.41) is 4.21. The third-order valence-electron chi connectivity index (χ3n) is 1.73. The lowest BCUT2D eigenvalue weighted by Crippen LogP contribution is -1.93. The summed E-state index contributed by atoms with van der Waals surface area (Å²) in [6.07, 6.45) is 3.98. The second-order valence-corrected chi connectivity index (χ2v) is 3.75. The summed E-state index contributed by atoms with van der Waals surface area (Å²) in [7, 11) is 0. The van der Waals surface area contributed by atoms with Crippen LogP contribution in [0.2, 0.25) is 0 Å². The Morgan fingerprint density at radius 2 is 2.38 bits per heavy atom. The maximum absolute atomic E-state index is 10.5. The molecule has 4 nitrogen and oxygen atoms in total. The van der Waals surface area contributed by atoms with E-state index in [-0.39, 0.29) is 0 Å². The van der Waals surface area contributed by atoms with Crippen molar-refractivity contribution < 1.29 is 4.79 Å². The molecule has 5 heteroatoms. The SMILES string of the molecule is Cc1nn2cc(C=O)cnc2c1I. The average molecular weight is 287 g/mol. The minimum absolute atomic E-state index is 0.534. The molecule has 0 radical (unpaired) electrons. The summed E-state index contributed by atoms with van der Waals surface area (Å²) >= 11 is 2.19. The van der Waals surface area contributed by atoms with Gasteiger partial charge in [-0.1, -0.05) is 0 Å². The normalized spacial score (nSPS) is 10.6. The molecule has 0 aromatic carbocycles. The lowest BCUT2D eigenvalue weighted by molar-refractivity contribution is 0.112. The van der Waals surface area contributed by atoms with Gasteiger partial charge in [-0.25, -0.2) is 9.50 Å². The maximum Gasteiger partial charge on any atom is 0.168 e. The quantitative estimate of drug-likeness (QED) is 0.589. The fourth-order valence-electron chi connectivity index (χ4n) is 1.09. The highest BCUT2D eigenvalue weighted by Crippen LogP contribution is 2.15. The van der Waals surface area contributed by atoms with Gasteiger partial charge >= 0.3 is 0 Å². The predicted molar refractivity (Wildman–Crippen MR) is 55.8 cm³/mol. The Labute approximate surface area is 88.1 Å². The lowest BCUT2D eigenvalue weighted by atomic mass is 10.4. The van der Waals surface area contributed by atoms with Gasteiger partial charge in [0.05, 0.1) is 14.8 Å². The lowest BCUT2D eigenvalue weighted by Gasteiger charge is -1.92. The van der Waals surface area contributed by atoms with Gasteiger partial charge in [-0.3, -0.25) is 4.79 Å². The molecule has 0 spiro atoms. The monoisotopic (exact) mass is 287 g/mol. The van der Waals surface area contributed by atoms with Gasteiger partial charge in [0.25, 0.3) is 0 Å². The molecular weight excluding hydrogens is 281 g/mol. The van der Waals surface area contributed by atoms with E-state index in [0.29, 0.717) is 5.56 Å². The number of aldehydes is 1. The van der Waals surface area contributed by atoms with Crippen LogP contribution in [0.3, 0.4) is 0 Å². The Morgan fingerprint density at radius 1 is 1.62 bits per heavy atom. The van der Waals surface area contributed by atoms with Gasteiger partial charge in [-0.2, -0.15) is 5.10 Å². The number of carbonyl (C=O) groups is 1. The molecule has 0 aliphatic rings. The number of aryl methyl sites for hydroxylation is 1. The van der Waals surface area contributed by atoms with Crippen LogP contribution in [-0.2, 0) is 0 Å². The van der Waals surface area contributed by atoms with E-state index in [2.05, 4.69) is 32.7 Å². The maximum atomic E-state index is 10.5. The highest BCUT2D eigenvalue weighted by atomic mass is 127. The molecule has 0 amide bonds. The summed E-state index contributed by atoms with van der Waals surface area (Å²) in [5.74, 6) is 0. The van der Waals surface area contributed by atoms with Gasteiger partial charge in [0.15, 0.2) is 11.9 Å². The number of halogens is 1. The van der Waals surface area contributed by atoms with Crippen LogP contribution < -0.4 is 0 Å². The minimum atomic E-state index is 0.534. The standard InChI is InChI=1S/C8H6IN3O/c1-5-7(9)8-10-2-6(4-13)3-12(8)11-5/h2-4H,1H3. The highest BCUT2D eigenvalue weighted by molar-refractivity contribution is 14.1. The van der Waals surface area contributed by atoms with E-state index in [1.165, 1.54) is 0 Å². The van der Waals surface area contributed by atoms with E-state index in [9.17, 15) is 4.79 Å². The third-order valence-corrected chi connectivity index (χ3v) is 3.00. The summed E-state index contributed by atoms with van der Waals surface area (Å²) in [5.41, 5.74) is 2.26. The first kappa shape index (κ1) is 8.61. The van der Waals surface area contributed by atoms with Gasteiger partial charge in [0.1, 0.15) is 0 Å². The Balaban J connectivity index is 2.79. The molecule has 2 heterocycles. The zero-order valence-corrected chi connectivity index (χ0v) is 9.02. The van der Waals surface area contributed by atoms with Crippen LogP contribution in [0, 0.1) is 10.5 Å². The van der Waals surface area contributed by atoms with Crippen molar-refractivity contribution in [2.24, 2.45) is 0 Å². The summed E-state index contributed by atoms with van der Waals surface area (Å²) < 4.78 is 2.65. The second-order valence-electron chi connectivity index (χ2n) is 2.67. The third kappa shape index (κ3) is 1.32. The van der Waals surface area contributed by atoms with E-state index < -0.39 is 0 Å². The highest BCUT2D eigenvalue weighted by Gasteiger charge is 2.06. The average Bonchev–Trinajstić information content (AvgIpc) is 2.42. The van der Waals surface area contributed by atoms with Crippen molar-refractivity contribution in [2.75, 3.05) is 0 Å².